The van der Waals surface area contributed by atoms with E-state index in [0.29, 0.717) is 11.5 Å². The molecule has 3 nitrogen and oxygen atoms in total. The fraction of sp³-hybridized carbons (Fsp3) is 0.167. The Balaban J connectivity index is 2.51. The minimum Gasteiger partial charge on any atom is -0.307 e. The maximum atomic E-state index is 11.4. The molecular weight excluding hydrogens is 224 g/mol. The Labute approximate surface area is 98.1 Å². The number of H-pyrrole nitrogens is 1. The quantitative estimate of drug-likeness (QED) is 0.812. The molecule has 0 radical (unpaired) electrons. The van der Waals surface area contributed by atoms with Crippen molar-refractivity contribution >= 4 is 11.6 Å². The number of hydrogen-bond donors (Lipinski definition) is 1. The molecule has 0 unspecified atom stereocenters. The standard InChI is InChI=1S/C12H11ClN2O/c1-8-2-4-9(5-3-8)12-14-10(7-13)6-11(16)15-12/h2-6H,7H2,1H3,(H,14,15,16). The highest BCUT2D eigenvalue weighted by Gasteiger charge is 2.02. The lowest BCUT2D eigenvalue weighted by molar-refractivity contribution is 1.06. The van der Waals surface area contributed by atoms with Crippen molar-refractivity contribution in [3.05, 3.63) is 51.9 Å². The average molecular weight is 235 g/mol. The van der Waals surface area contributed by atoms with Crippen molar-refractivity contribution in [1.29, 1.82) is 0 Å². The highest BCUT2D eigenvalue weighted by Crippen LogP contribution is 2.14. The summed E-state index contributed by atoms with van der Waals surface area (Å²) in [5.41, 5.74) is 2.46. The van der Waals surface area contributed by atoms with Crippen LogP contribution < -0.4 is 5.56 Å². The van der Waals surface area contributed by atoms with Crippen molar-refractivity contribution in [2.24, 2.45) is 0 Å². The Morgan fingerprint density at radius 3 is 2.62 bits per heavy atom. The Morgan fingerprint density at radius 2 is 2.00 bits per heavy atom. The van der Waals surface area contributed by atoms with E-state index >= 15 is 0 Å². The average Bonchev–Trinajstić information content (AvgIpc) is 2.29. The van der Waals surface area contributed by atoms with E-state index in [4.69, 9.17) is 11.6 Å². The summed E-state index contributed by atoms with van der Waals surface area (Å²) >= 11 is 5.67. The van der Waals surface area contributed by atoms with Crippen molar-refractivity contribution in [3.63, 3.8) is 0 Å². The highest BCUT2D eigenvalue weighted by atomic mass is 35.5. The third kappa shape index (κ3) is 2.31. The van der Waals surface area contributed by atoms with E-state index in [2.05, 4.69) is 9.97 Å². The summed E-state index contributed by atoms with van der Waals surface area (Å²) in [6.07, 6.45) is 0. The van der Waals surface area contributed by atoms with Crippen LogP contribution in [0.4, 0.5) is 0 Å². The van der Waals surface area contributed by atoms with Crippen LogP contribution >= 0.6 is 11.6 Å². The maximum Gasteiger partial charge on any atom is 0.251 e. The molecule has 0 spiro atoms. The first kappa shape index (κ1) is 10.9. The number of rotatable bonds is 2. The fourth-order valence-electron chi connectivity index (χ4n) is 1.42. The first-order valence-corrected chi connectivity index (χ1v) is 5.46. The van der Waals surface area contributed by atoms with Gasteiger partial charge >= 0.3 is 0 Å². The van der Waals surface area contributed by atoms with Gasteiger partial charge < -0.3 is 4.98 Å². The van der Waals surface area contributed by atoms with E-state index in [1.165, 1.54) is 11.6 Å². The maximum absolute atomic E-state index is 11.4. The zero-order valence-corrected chi connectivity index (χ0v) is 9.58. The molecule has 82 valence electrons. The molecule has 0 atom stereocenters. The predicted octanol–water partition coefficient (Wildman–Crippen LogP) is 2.48. The number of aryl methyl sites for hydroxylation is 1. The van der Waals surface area contributed by atoms with E-state index in [-0.39, 0.29) is 11.4 Å². The molecule has 0 saturated heterocycles. The smallest absolute Gasteiger partial charge is 0.251 e. The van der Waals surface area contributed by atoms with Crippen LogP contribution in [0.15, 0.2) is 35.1 Å². The van der Waals surface area contributed by atoms with E-state index in [9.17, 15) is 4.79 Å². The molecule has 1 N–H and O–H groups in total. The number of aromatic amines is 1. The Hall–Kier alpha value is -1.61. The zero-order valence-electron chi connectivity index (χ0n) is 8.83. The summed E-state index contributed by atoms with van der Waals surface area (Å²) in [4.78, 5) is 18.3. The van der Waals surface area contributed by atoms with E-state index < -0.39 is 0 Å². The van der Waals surface area contributed by atoms with Gasteiger partial charge in [0.05, 0.1) is 11.6 Å². The molecule has 0 fully saturated rings. The van der Waals surface area contributed by atoms with Crippen molar-refractivity contribution in [2.45, 2.75) is 12.8 Å². The normalized spacial score (nSPS) is 10.4. The second kappa shape index (κ2) is 4.49. The van der Waals surface area contributed by atoms with Gasteiger partial charge in [-0.25, -0.2) is 4.98 Å². The summed E-state index contributed by atoms with van der Waals surface area (Å²) < 4.78 is 0. The molecule has 16 heavy (non-hydrogen) atoms. The second-order valence-electron chi connectivity index (χ2n) is 3.58. The van der Waals surface area contributed by atoms with Gasteiger partial charge in [0, 0.05) is 11.6 Å². The second-order valence-corrected chi connectivity index (χ2v) is 3.85. The van der Waals surface area contributed by atoms with Crippen molar-refractivity contribution in [3.8, 4) is 11.4 Å². The number of aromatic nitrogens is 2. The van der Waals surface area contributed by atoms with Gasteiger partial charge in [0.15, 0.2) is 0 Å². The van der Waals surface area contributed by atoms with Gasteiger partial charge in [-0.2, -0.15) is 0 Å². The van der Waals surface area contributed by atoms with Crippen molar-refractivity contribution in [2.75, 3.05) is 0 Å². The largest absolute Gasteiger partial charge is 0.307 e. The van der Waals surface area contributed by atoms with Gasteiger partial charge in [-0.1, -0.05) is 29.8 Å². The Bertz CT molecular complexity index is 546. The number of alkyl halides is 1. The van der Waals surface area contributed by atoms with Crippen molar-refractivity contribution in [1.82, 2.24) is 9.97 Å². The number of nitrogens with zero attached hydrogens (tertiary/aromatic N) is 1. The molecule has 0 aliphatic heterocycles. The monoisotopic (exact) mass is 234 g/mol. The van der Waals surface area contributed by atoms with Crippen LogP contribution in [-0.4, -0.2) is 9.97 Å². The lowest BCUT2D eigenvalue weighted by Crippen LogP contribution is -2.09. The van der Waals surface area contributed by atoms with Crippen LogP contribution in [-0.2, 0) is 5.88 Å². The third-order valence-corrected chi connectivity index (χ3v) is 2.53. The molecule has 0 saturated carbocycles. The van der Waals surface area contributed by atoms with E-state index in [1.54, 1.807) is 0 Å². The summed E-state index contributed by atoms with van der Waals surface area (Å²) in [6, 6.07) is 9.20. The van der Waals surface area contributed by atoms with Crippen LogP contribution in [0.3, 0.4) is 0 Å². The summed E-state index contributed by atoms with van der Waals surface area (Å²) in [5, 5.41) is 0. The van der Waals surface area contributed by atoms with Gasteiger partial charge in [0.2, 0.25) is 0 Å². The molecule has 0 aliphatic rings. The van der Waals surface area contributed by atoms with Crippen LogP contribution in [0.2, 0.25) is 0 Å². The SMILES string of the molecule is Cc1ccc(-c2nc(CCl)cc(=O)[nH]2)cc1. The third-order valence-electron chi connectivity index (χ3n) is 2.26. The Morgan fingerprint density at radius 1 is 1.31 bits per heavy atom. The molecule has 4 heteroatoms. The molecule has 0 amide bonds. The van der Waals surface area contributed by atoms with E-state index in [0.717, 1.165) is 5.56 Å². The number of hydrogen-bond acceptors (Lipinski definition) is 2. The number of benzene rings is 1. The van der Waals surface area contributed by atoms with Gasteiger partial charge in [-0.3, -0.25) is 4.79 Å². The minimum absolute atomic E-state index is 0.179. The highest BCUT2D eigenvalue weighted by molar-refractivity contribution is 6.16. The van der Waals surface area contributed by atoms with Crippen LogP contribution in [0.5, 0.6) is 0 Å². The first-order valence-electron chi connectivity index (χ1n) is 4.92. The van der Waals surface area contributed by atoms with Gasteiger partial charge in [-0.15, -0.1) is 11.6 Å². The van der Waals surface area contributed by atoms with Crippen LogP contribution in [0.1, 0.15) is 11.3 Å². The molecule has 0 bridgehead atoms. The van der Waals surface area contributed by atoms with Crippen LogP contribution in [0.25, 0.3) is 11.4 Å². The van der Waals surface area contributed by atoms with E-state index in [1.807, 2.05) is 31.2 Å². The fourth-order valence-corrected chi connectivity index (χ4v) is 1.56. The predicted molar refractivity (Wildman–Crippen MR) is 64.6 cm³/mol. The molecule has 1 aromatic heterocycles. The van der Waals surface area contributed by atoms with Gasteiger partial charge in [0.1, 0.15) is 5.82 Å². The zero-order chi connectivity index (χ0) is 11.5. The molecule has 1 heterocycles. The molecular formula is C12H11ClN2O. The first-order chi connectivity index (χ1) is 7.69. The van der Waals surface area contributed by atoms with Gasteiger partial charge in [-0.05, 0) is 6.92 Å². The van der Waals surface area contributed by atoms with Gasteiger partial charge in [0.25, 0.3) is 5.56 Å². The molecule has 1 aromatic carbocycles. The van der Waals surface area contributed by atoms with Crippen molar-refractivity contribution < 1.29 is 0 Å². The molecule has 2 aromatic rings. The summed E-state index contributed by atoms with van der Waals surface area (Å²) in [6.45, 7) is 2.01. The Kier molecular flexibility index (Phi) is 3.06. The number of halogens is 1. The molecule has 2 rings (SSSR count). The lowest BCUT2D eigenvalue weighted by atomic mass is 10.1. The lowest BCUT2D eigenvalue weighted by Gasteiger charge is -2.02. The molecule has 0 aliphatic carbocycles. The minimum atomic E-state index is -0.179. The summed E-state index contributed by atoms with van der Waals surface area (Å²) in [7, 11) is 0. The summed E-state index contributed by atoms with van der Waals surface area (Å²) in [5.74, 6) is 0.797. The van der Waals surface area contributed by atoms with Crippen LogP contribution in [0, 0.1) is 6.92 Å². The topological polar surface area (TPSA) is 45.8 Å². The number of nitrogens with one attached hydrogen (secondary N) is 1.